The van der Waals surface area contributed by atoms with Gasteiger partial charge in [0.2, 0.25) is 0 Å². The predicted octanol–water partition coefficient (Wildman–Crippen LogP) is 20.0. The second kappa shape index (κ2) is 16.8. The number of rotatable bonds is 7. The first-order valence-corrected chi connectivity index (χ1v) is 25.7. The molecule has 72 heavy (non-hydrogen) atoms. The van der Waals surface area contributed by atoms with Crippen molar-refractivity contribution in [3.05, 3.63) is 229 Å². The van der Waals surface area contributed by atoms with Crippen LogP contribution in [-0.4, -0.2) is 4.57 Å². The van der Waals surface area contributed by atoms with Gasteiger partial charge in [0.15, 0.2) is 0 Å². The minimum Gasteiger partial charge on any atom is -0.309 e. The molecule has 0 spiro atoms. The van der Waals surface area contributed by atoms with Gasteiger partial charge < -0.3 is 9.47 Å². The zero-order valence-electron chi connectivity index (χ0n) is 43.1. The average molecular weight is 931 g/mol. The maximum Gasteiger partial charge on any atom is 0.0543 e. The van der Waals surface area contributed by atoms with Gasteiger partial charge in [-0.2, -0.15) is 0 Å². The summed E-state index contributed by atoms with van der Waals surface area (Å²) >= 11 is 0. The fourth-order valence-corrected chi connectivity index (χ4v) is 11.1. The van der Waals surface area contributed by atoms with Crippen molar-refractivity contribution < 1.29 is 0 Å². The van der Waals surface area contributed by atoms with Crippen molar-refractivity contribution in [2.45, 2.75) is 78.6 Å². The van der Waals surface area contributed by atoms with Crippen molar-refractivity contribution in [1.29, 1.82) is 0 Å². The van der Waals surface area contributed by atoms with E-state index in [1.165, 1.54) is 110 Å². The monoisotopic (exact) mass is 930 g/mol. The Hall–Kier alpha value is -7.94. The summed E-state index contributed by atoms with van der Waals surface area (Å²) < 4.78 is 2.47. The highest BCUT2D eigenvalue weighted by Crippen LogP contribution is 2.49. The molecule has 0 saturated heterocycles. The van der Waals surface area contributed by atoms with E-state index in [4.69, 9.17) is 0 Å². The van der Waals surface area contributed by atoms with Gasteiger partial charge in [0, 0.05) is 32.8 Å². The number of aromatic nitrogens is 1. The highest BCUT2D eigenvalue weighted by molar-refractivity contribution is 6.27. The summed E-state index contributed by atoms with van der Waals surface area (Å²) in [5.41, 5.74) is 18.3. The van der Waals surface area contributed by atoms with Crippen LogP contribution in [0.25, 0.3) is 93.2 Å². The number of fused-ring (bicyclic) bond motifs is 3. The highest BCUT2D eigenvalue weighted by Gasteiger charge is 2.26. The van der Waals surface area contributed by atoms with Crippen LogP contribution in [0.15, 0.2) is 212 Å². The van der Waals surface area contributed by atoms with Crippen molar-refractivity contribution in [1.82, 2.24) is 4.57 Å². The molecule has 2 heteroatoms. The van der Waals surface area contributed by atoms with Crippen LogP contribution in [0.4, 0.5) is 17.1 Å². The fourth-order valence-electron chi connectivity index (χ4n) is 11.1. The van der Waals surface area contributed by atoms with Gasteiger partial charge in [-0.1, -0.05) is 232 Å². The predicted molar refractivity (Wildman–Crippen MR) is 312 cm³/mol. The molecule has 1 aromatic heterocycles. The van der Waals surface area contributed by atoms with E-state index < -0.39 is 0 Å². The lowest BCUT2D eigenvalue weighted by molar-refractivity contribution is 0.569. The Labute approximate surface area is 425 Å². The molecule has 0 atom stereocenters. The van der Waals surface area contributed by atoms with E-state index in [0.29, 0.717) is 0 Å². The Morgan fingerprint density at radius 2 is 0.806 bits per heavy atom. The number of hydrogen-bond donors (Lipinski definition) is 0. The molecular weight excluding hydrogens is 869 g/mol. The first-order chi connectivity index (χ1) is 34.6. The zero-order chi connectivity index (χ0) is 49.7. The number of benzene rings is 11. The standard InChI is InChI=1S/C70H62N2/c1-68(2,3)52-33-38-56(48-17-11-10-12-18-48)65(44-52)71(55-34-27-46(28-35-55)45-23-25-47(26-24-45)51-41-53(69(4,5)6)43-54(42-51)70(7,8)9)63-39-31-49-30-37-60-64(40-32-50-29-36-59(63)66(49)67(50)60)72-61-21-15-13-19-57(61)58-20-14-16-22-62(58)72/h10-44H,1-9H3. The van der Waals surface area contributed by atoms with E-state index in [-0.39, 0.29) is 16.2 Å². The van der Waals surface area contributed by atoms with E-state index in [1.54, 1.807) is 0 Å². The van der Waals surface area contributed by atoms with Gasteiger partial charge in [0.1, 0.15) is 0 Å². The van der Waals surface area contributed by atoms with Gasteiger partial charge in [0.25, 0.3) is 0 Å². The van der Waals surface area contributed by atoms with Crippen LogP contribution in [0.1, 0.15) is 79.0 Å². The minimum absolute atomic E-state index is 0.0526. The lowest BCUT2D eigenvalue weighted by atomic mass is 9.79. The topological polar surface area (TPSA) is 8.17 Å². The molecule has 352 valence electrons. The summed E-state index contributed by atoms with van der Waals surface area (Å²) in [5, 5.41) is 10.0. The summed E-state index contributed by atoms with van der Waals surface area (Å²) in [5.74, 6) is 0. The quantitative estimate of drug-likeness (QED) is 0.145. The van der Waals surface area contributed by atoms with Crippen molar-refractivity contribution in [2.24, 2.45) is 0 Å². The van der Waals surface area contributed by atoms with Gasteiger partial charge >= 0.3 is 0 Å². The molecule has 0 unspecified atom stereocenters. The number of nitrogens with zero attached hydrogens (tertiary/aromatic N) is 2. The molecule has 0 N–H and O–H groups in total. The zero-order valence-corrected chi connectivity index (χ0v) is 43.1. The third-order valence-electron chi connectivity index (χ3n) is 15.2. The first-order valence-electron chi connectivity index (χ1n) is 25.7. The fraction of sp³-hybridized carbons (Fsp3) is 0.171. The molecule has 11 aromatic carbocycles. The van der Waals surface area contributed by atoms with Crippen LogP contribution in [0.5, 0.6) is 0 Å². The second-order valence-electron chi connectivity index (χ2n) is 23.1. The molecule has 12 rings (SSSR count). The normalized spacial score (nSPS) is 12.5. The van der Waals surface area contributed by atoms with Gasteiger partial charge in [-0.3, -0.25) is 0 Å². The molecule has 2 nitrogen and oxygen atoms in total. The Morgan fingerprint density at radius 3 is 1.39 bits per heavy atom. The van der Waals surface area contributed by atoms with E-state index in [0.717, 1.165) is 17.1 Å². The molecule has 0 aliphatic carbocycles. The van der Waals surface area contributed by atoms with E-state index in [1.807, 2.05) is 0 Å². The third kappa shape index (κ3) is 7.73. The second-order valence-corrected chi connectivity index (χ2v) is 23.1. The minimum atomic E-state index is -0.0695. The summed E-state index contributed by atoms with van der Waals surface area (Å²) in [4.78, 5) is 2.53. The molecule has 0 fully saturated rings. The summed E-state index contributed by atoms with van der Waals surface area (Å²) in [6.07, 6.45) is 0. The number of para-hydroxylation sites is 2. The van der Waals surface area contributed by atoms with Gasteiger partial charge in [-0.15, -0.1) is 0 Å². The van der Waals surface area contributed by atoms with Gasteiger partial charge in [-0.25, -0.2) is 0 Å². The Morgan fingerprint density at radius 1 is 0.319 bits per heavy atom. The highest BCUT2D eigenvalue weighted by atomic mass is 15.1. The van der Waals surface area contributed by atoms with Gasteiger partial charge in [0.05, 0.1) is 28.1 Å². The van der Waals surface area contributed by atoms with Crippen LogP contribution >= 0.6 is 0 Å². The van der Waals surface area contributed by atoms with Crippen molar-refractivity contribution in [3.63, 3.8) is 0 Å². The first kappa shape index (κ1) is 45.2. The summed E-state index contributed by atoms with van der Waals surface area (Å²) in [7, 11) is 0. The molecule has 0 aliphatic heterocycles. The van der Waals surface area contributed by atoms with Crippen molar-refractivity contribution >= 4 is 71.2 Å². The Balaban J connectivity index is 1.04. The molecule has 1 heterocycles. The number of anilines is 3. The van der Waals surface area contributed by atoms with Gasteiger partial charge in [-0.05, 0) is 125 Å². The molecule has 0 amide bonds. The largest absolute Gasteiger partial charge is 0.309 e. The lowest BCUT2D eigenvalue weighted by Crippen LogP contribution is -2.16. The van der Waals surface area contributed by atoms with E-state index in [9.17, 15) is 0 Å². The van der Waals surface area contributed by atoms with Crippen molar-refractivity contribution in [2.75, 3.05) is 4.90 Å². The molecule has 12 aromatic rings. The van der Waals surface area contributed by atoms with Crippen molar-refractivity contribution in [3.8, 4) is 39.1 Å². The Bertz CT molecular complexity index is 3910. The molecule has 0 saturated carbocycles. The summed E-state index contributed by atoms with van der Waals surface area (Å²) in [6, 6.07) is 79.9. The maximum absolute atomic E-state index is 2.53. The smallest absolute Gasteiger partial charge is 0.0543 e. The van der Waals surface area contributed by atoms with E-state index >= 15 is 0 Å². The lowest BCUT2D eigenvalue weighted by Gasteiger charge is -2.31. The van der Waals surface area contributed by atoms with Crippen LogP contribution in [0, 0.1) is 0 Å². The average Bonchev–Trinajstić information content (AvgIpc) is 3.72. The number of hydrogen-bond acceptors (Lipinski definition) is 1. The third-order valence-corrected chi connectivity index (χ3v) is 15.2. The summed E-state index contributed by atoms with van der Waals surface area (Å²) in [6.45, 7) is 20.8. The van der Waals surface area contributed by atoms with E-state index in [2.05, 4.69) is 284 Å². The van der Waals surface area contributed by atoms with Crippen LogP contribution in [-0.2, 0) is 16.2 Å². The molecule has 0 aliphatic rings. The Kier molecular flexibility index (Phi) is 10.6. The maximum atomic E-state index is 2.53. The van der Waals surface area contributed by atoms with Crippen LogP contribution in [0.3, 0.4) is 0 Å². The molecule has 0 bridgehead atoms. The van der Waals surface area contributed by atoms with Crippen LogP contribution in [0.2, 0.25) is 0 Å². The molecular formula is C70H62N2. The van der Waals surface area contributed by atoms with Crippen LogP contribution < -0.4 is 4.90 Å². The molecule has 0 radical (unpaired) electrons. The SMILES string of the molecule is CC(C)(C)c1cc(-c2ccc(-c3ccc(N(c4cc(C(C)(C)C)ccc4-c4ccccc4)c4ccc5ccc6c(-n7c8ccccc8c8ccccc87)ccc7ccc4c5c76)cc3)cc2)cc(C(C)(C)C)c1.